The first-order chi connectivity index (χ1) is 7.96. The first-order valence-corrected chi connectivity index (χ1v) is 5.22. The van der Waals surface area contributed by atoms with E-state index >= 15 is 0 Å². The van der Waals surface area contributed by atoms with Crippen molar-refractivity contribution in [3.05, 3.63) is 36.0 Å². The summed E-state index contributed by atoms with van der Waals surface area (Å²) in [5.74, 6) is 0. The van der Waals surface area contributed by atoms with E-state index in [1.807, 2.05) is 31.2 Å². The van der Waals surface area contributed by atoms with Gasteiger partial charge < -0.3 is 4.57 Å². The maximum Gasteiger partial charge on any atom is 0.522 e. The summed E-state index contributed by atoms with van der Waals surface area (Å²) in [5.41, 5.74) is 2.04. The maximum absolute atomic E-state index is 11.8. The summed E-state index contributed by atoms with van der Waals surface area (Å²) in [6.45, 7) is 1.79. The molecular weight excluding hydrogens is 231 g/mol. The zero-order chi connectivity index (χ0) is 12.5. The Labute approximate surface area is 96.6 Å². The number of aromatic nitrogens is 1. The van der Waals surface area contributed by atoms with Crippen molar-refractivity contribution in [2.45, 2.75) is 19.8 Å². The second-order valence-electron chi connectivity index (χ2n) is 3.87. The third-order valence-electron chi connectivity index (χ3n) is 2.52. The highest BCUT2D eigenvalue weighted by Crippen LogP contribution is 2.19. The van der Waals surface area contributed by atoms with E-state index in [-0.39, 0.29) is 13.2 Å². The van der Waals surface area contributed by atoms with Crippen LogP contribution in [0.25, 0.3) is 10.9 Å². The van der Waals surface area contributed by atoms with E-state index in [0.717, 1.165) is 16.5 Å². The second kappa shape index (κ2) is 4.41. The summed E-state index contributed by atoms with van der Waals surface area (Å²) >= 11 is 0. The van der Waals surface area contributed by atoms with Crippen molar-refractivity contribution in [3.8, 4) is 0 Å². The van der Waals surface area contributed by atoms with Crippen LogP contribution in [-0.4, -0.2) is 17.5 Å². The minimum Gasteiger partial charge on any atom is -0.345 e. The summed E-state index contributed by atoms with van der Waals surface area (Å²) in [4.78, 5) is 0. The highest BCUT2D eigenvalue weighted by atomic mass is 19.4. The molecular formula is C12H12F3NO. The first-order valence-electron chi connectivity index (χ1n) is 5.22. The van der Waals surface area contributed by atoms with Crippen LogP contribution in [0.5, 0.6) is 0 Å². The van der Waals surface area contributed by atoms with Gasteiger partial charge in [0, 0.05) is 18.3 Å². The van der Waals surface area contributed by atoms with E-state index in [0.29, 0.717) is 0 Å². The molecule has 0 radical (unpaired) electrons. The van der Waals surface area contributed by atoms with Gasteiger partial charge in [0.2, 0.25) is 0 Å². The van der Waals surface area contributed by atoms with Crippen molar-refractivity contribution in [1.29, 1.82) is 0 Å². The van der Waals surface area contributed by atoms with E-state index < -0.39 is 6.36 Å². The van der Waals surface area contributed by atoms with Crippen LogP contribution in [0.1, 0.15) is 5.56 Å². The first kappa shape index (κ1) is 12.0. The van der Waals surface area contributed by atoms with Gasteiger partial charge in [-0.15, -0.1) is 13.2 Å². The number of rotatable bonds is 3. The van der Waals surface area contributed by atoms with Crippen molar-refractivity contribution in [2.75, 3.05) is 6.61 Å². The summed E-state index contributed by atoms with van der Waals surface area (Å²) in [5, 5.41) is 1.03. The Morgan fingerprint density at radius 2 is 2.00 bits per heavy atom. The number of ether oxygens (including phenoxy) is 1. The largest absolute Gasteiger partial charge is 0.522 e. The van der Waals surface area contributed by atoms with E-state index in [9.17, 15) is 13.2 Å². The number of fused-ring (bicyclic) bond motifs is 1. The summed E-state index contributed by atoms with van der Waals surface area (Å²) in [6, 6.07) is 7.72. The number of benzene rings is 1. The molecule has 0 amide bonds. The van der Waals surface area contributed by atoms with E-state index in [2.05, 4.69) is 4.74 Å². The zero-order valence-electron chi connectivity index (χ0n) is 9.29. The van der Waals surface area contributed by atoms with Gasteiger partial charge in [0.15, 0.2) is 0 Å². The minimum atomic E-state index is -4.56. The standard InChI is InChI=1S/C12H12F3NO/c1-9-2-3-11-10(8-9)4-5-16(11)6-7-17-12(13,14)15/h2-5,8H,6-7H2,1H3. The molecule has 0 N–H and O–H groups in total. The SMILES string of the molecule is Cc1ccc2c(ccn2CCOC(F)(F)F)c1. The minimum absolute atomic E-state index is 0.187. The van der Waals surface area contributed by atoms with Gasteiger partial charge >= 0.3 is 6.36 Å². The monoisotopic (exact) mass is 243 g/mol. The summed E-state index contributed by atoms with van der Waals surface area (Å²) < 4.78 is 41.0. The van der Waals surface area contributed by atoms with Crippen LogP contribution >= 0.6 is 0 Å². The van der Waals surface area contributed by atoms with Crippen molar-refractivity contribution in [3.63, 3.8) is 0 Å². The molecule has 0 unspecified atom stereocenters. The lowest BCUT2D eigenvalue weighted by molar-refractivity contribution is -0.325. The highest BCUT2D eigenvalue weighted by molar-refractivity contribution is 5.80. The third kappa shape index (κ3) is 3.00. The predicted octanol–water partition coefficient (Wildman–Crippen LogP) is 3.49. The number of hydrogen-bond acceptors (Lipinski definition) is 1. The van der Waals surface area contributed by atoms with Crippen molar-refractivity contribution in [1.82, 2.24) is 4.57 Å². The van der Waals surface area contributed by atoms with Gasteiger partial charge in [-0.05, 0) is 30.5 Å². The van der Waals surface area contributed by atoms with Gasteiger partial charge in [0.05, 0.1) is 6.61 Å². The van der Waals surface area contributed by atoms with Crippen molar-refractivity contribution < 1.29 is 17.9 Å². The molecule has 2 nitrogen and oxygen atoms in total. The fourth-order valence-electron chi connectivity index (χ4n) is 1.77. The summed E-state index contributed by atoms with van der Waals surface area (Å²) in [7, 11) is 0. The lowest BCUT2D eigenvalue weighted by atomic mass is 10.2. The molecule has 1 heterocycles. The normalized spacial score (nSPS) is 12.2. The lowest BCUT2D eigenvalue weighted by Crippen LogP contribution is -2.17. The molecule has 2 aromatic rings. The number of halogens is 3. The van der Waals surface area contributed by atoms with Crippen LogP contribution in [-0.2, 0) is 11.3 Å². The van der Waals surface area contributed by atoms with Crippen LogP contribution < -0.4 is 0 Å². The quantitative estimate of drug-likeness (QED) is 0.804. The predicted molar refractivity (Wildman–Crippen MR) is 58.7 cm³/mol. The number of alkyl halides is 3. The van der Waals surface area contributed by atoms with Gasteiger partial charge in [0.25, 0.3) is 0 Å². The van der Waals surface area contributed by atoms with Crippen LogP contribution in [0.3, 0.4) is 0 Å². The van der Waals surface area contributed by atoms with E-state index in [1.54, 1.807) is 10.8 Å². The molecule has 0 aliphatic heterocycles. The van der Waals surface area contributed by atoms with Gasteiger partial charge in [0.1, 0.15) is 0 Å². The summed E-state index contributed by atoms with van der Waals surface area (Å²) in [6.07, 6.45) is -2.79. The van der Waals surface area contributed by atoms with Crippen molar-refractivity contribution >= 4 is 10.9 Å². The van der Waals surface area contributed by atoms with Gasteiger partial charge in [-0.25, -0.2) is 0 Å². The molecule has 17 heavy (non-hydrogen) atoms. The topological polar surface area (TPSA) is 14.2 Å². The molecule has 2 rings (SSSR count). The number of aryl methyl sites for hydroxylation is 1. The average Bonchev–Trinajstić information content (AvgIpc) is 2.59. The number of hydrogen-bond donors (Lipinski definition) is 0. The van der Waals surface area contributed by atoms with Crippen molar-refractivity contribution in [2.24, 2.45) is 0 Å². The van der Waals surface area contributed by atoms with Gasteiger partial charge in [-0.1, -0.05) is 11.6 Å². The van der Waals surface area contributed by atoms with Crippen LogP contribution in [0.4, 0.5) is 13.2 Å². The maximum atomic E-state index is 11.8. The fourth-order valence-corrected chi connectivity index (χ4v) is 1.77. The Morgan fingerprint density at radius 1 is 1.24 bits per heavy atom. The zero-order valence-corrected chi connectivity index (χ0v) is 9.29. The Balaban J connectivity index is 2.09. The van der Waals surface area contributed by atoms with E-state index in [4.69, 9.17) is 0 Å². The Kier molecular flexibility index (Phi) is 3.11. The molecule has 0 spiro atoms. The molecule has 0 atom stereocenters. The molecule has 0 saturated heterocycles. The molecule has 0 fully saturated rings. The Bertz CT molecular complexity index is 516. The van der Waals surface area contributed by atoms with Crippen LogP contribution in [0.15, 0.2) is 30.5 Å². The van der Waals surface area contributed by atoms with Gasteiger partial charge in [-0.3, -0.25) is 4.74 Å². The van der Waals surface area contributed by atoms with Gasteiger partial charge in [-0.2, -0.15) is 0 Å². The highest BCUT2D eigenvalue weighted by Gasteiger charge is 2.28. The average molecular weight is 243 g/mol. The molecule has 1 aromatic heterocycles. The molecule has 5 heteroatoms. The van der Waals surface area contributed by atoms with Crippen LogP contribution in [0, 0.1) is 6.92 Å². The molecule has 92 valence electrons. The fraction of sp³-hybridized carbons (Fsp3) is 0.333. The Morgan fingerprint density at radius 3 is 2.71 bits per heavy atom. The van der Waals surface area contributed by atoms with E-state index in [1.165, 1.54) is 0 Å². The lowest BCUT2D eigenvalue weighted by Gasteiger charge is -2.09. The second-order valence-corrected chi connectivity index (χ2v) is 3.87. The third-order valence-corrected chi connectivity index (χ3v) is 2.52. The molecule has 0 aliphatic carbocycles. The molecule has 1 aromatic carbocycles. The Hall–Kier alpha value is -1.49. The molecule has 0 aliphatic rings. The molecule has 0 saturated carbocycles. The number of nitrogens with zero attached hydrogens (tertiary/aromatic N) is 1. The van der Waals surface area contributed by atoms with Crippen LogP contribution in [0.2, 0.25) is 0 Å². The molecule has 0 bridgehead atoms. The smallest absolute Gasteiger partial charge is 0.345 e.